The van der Waals surface area contributed by atoms with E-state index in [1.807, 2.05) is 6.92 Å². The first-order valence-corrected chi connectivity index (χ1v) is 12.0. The van der Waals surface area contributed by atoms with Crippen molar-refractivity contribution in [3.8, 4) is 0 Å². The molecule has 1 aromatic rings. The number of aliphatic carboxylic acids is 1. The number of carbonyl (C=O) groups is 3. The van der Waals surface area contributed by atoms with Crippen LogP contribution in [0.4, 0.5) is 5.69 Å². The van der Waals surface area contributed by atoms with Crippen LogP contribution in [0.25, 0.3) is 0 Å². The summed E-state index contributed by atoms with van der Waals surface area (Å²) < 4.78 is -0.850. The normalized spacial score (nSPS) is 33.8. The molecule has 7 atom stereocenters. The zero-order valence-electron chi connectivity index (χ0n) is 18.0. The van der Waals surface area contributed by atoms with Crippen LogP contribution in [-0.4, -0.2) is 68.1 Å². The van der Waals surface area contributed by atoms with Crippen LogP contribution in [0.3, 0.4) is 0 Å². The SMILES string of the molecule is C=CCN(C(=O)C1N([C@H](C)CO)C(=O)[C@@H]2[C@H](C(=O)O)[C@@H]3CC(C)C12S3)c1ccc(Cl)cc1. The van der Waals surface area contributed by atoms with Gasteiger partial charge in [-0.1, -0.05) is 24.6 Å². The van der Waals surface area contributed by atoms with Crippen LogP contribution in [0, 0.1) is 17.8 Å². The Labute approximate surface area is 196 Å². The smallest absolute Gasteiger partial charge is 0.308 e. The van der Waals surface area contributed by atoms with E-state index in [9.17, 15) is 24.6 Å². The molecule has 3 saturated heterocycles. The summed E-state index contributed by atoms with van der Waals surface area (Å²) in [6.07, 6.45) is 2.25. The summed E-state index contributed by atoms with van der Waals surface area (Å²) in [7, 11) is 0. The second-order valence-electron chi connectivity index (χ2n) is 8.88. The van der Waals surface area contributed by atoms with Crippen molar-refractivity contribution < 1.29 is 24.6 Å². The summed E-state index contributed by atoms with van der Waals surface area (Å²) in [6.45, 7) is 7.37. The molecule has 0 aromatic heterocycles. The molecule has 32 heavy (non-hydrogen) atoms. The molecule has 172 valence electrons. The van der Waals surface area contributed by atoms with Crippen LogP contribution in [0.2, 0.25) is 5.02 Å². The number of carbonyl (C=O) groups excluding carboxylic acids is 2. The number of carboxylic acid groups (broad SMARTS) is 1. The maximum Gasteiger partial charge on any atom is 0.308 e. The van der Waals surface area contributed by atoms with E-state index in [0.29, 0.717) is 17.1 Å². The molecule has 2 N–H and O–H groups in total. The quantitative estimate of drug-likeness (QED) is 0.585. The van der Waals surface area contributed by atoms with Crippen LogP contribution in [0.15, 0.2) is 36.9 Å². The lowest BCUT2D eigenvalue weighted by Crippen LogP contribution is -2.59. The molecule has 3 aliphatic rings. The first kappa shape index (κ1) is 23.1. The monoisotopic (exact) mass is 478 g/mol. The molecule has 0 radical (unpaired) electrons. The Morgan fingerprint density at radius 1 is 1.41 bits per heavy atom. The fraction of sp³-hybridized carbons (Fsp3) is 0.522. The van der Waals surface area contributed by atoms with Gasteiger partial charge in [0.25, 0.3) is 5.91 Å². The Kier molecular flexibility index (Phi) is 6.07. The number of aliphatic hydroxyl groups excluding tert-OH is 1. The van der Waals surface area contributed by atoms with Gasteiger partial charge in [-0.3, -0.25) is 14.4 Å². The van der Waals surface area contributed by atoms with Crippen molar-refractivity contribution in [3.05, 3.63) is 41.9 Å². The van der Waals surface area contributed by atoms with Gasteiger partial charge in [0, 0.05) is 22.5 Å². The molecule has 3 fully saturated rings. The molecule has 3 aliphatic heterocycles. The minimum Gasteiger partial charge on any atom is -0.481 e. The number of nitrogens with zero attached hydrogens (tertiary/aromatic N) is 2. The van der Waals surface area contributed by atoms with Crippen LogP contribution in [-0.2, 0) is 14.4 Å². The molecule has 0 saturated carbocycles. The van der Waals surface area contributed by atoms with Crippen LogP contribution >= 0.6 is 23.4 Å². The van der Waals surface area contributed by atoms with Gasteiger partial charge in [-0.05, 0) is 43.5 Å². The highest BCUT2D eigenvalue weighted by atomic mass is 35.5. The third-order valence-corrected chi connectivity index (χ3v) is 9.49. The largest absolute Gasteiger partial charge is 0.481 e. The molecule has 2 amide bonds. The van der Waals surface area contributed by atoms with E-state index in [0.717, 1.165) is 0 Å². The Morgan fingerprint density at radius 2 is 2.06 bits per heavy atom. The molecular weight excluding hydrogens is 452 g/mol. The van der Waals surface area contributed by atoms with Gasteiger partial charge in [-0.2, -0.15) is 0 Å². The van der Waals surface area contributed by atoms with Crippen molar-refractivity contribution in [2.24, 2.45) is 17.8 Å². The van der Waals surface area contributed by atoms with Crippen LogP contribution < -0.4 is 4.90 Å². The number of carboxylic acids is 1. The number of halogens is 1. The van der Waals surface area contributed by atoms with E-state index in [-0.39, 0.29) is 36.1 Å². The van der Waals surface area contributed by atoms with Gasteiger partial charge in [0.1, 0.15) is 6.04 Å². The predicted octanol–water partition coefficient (Wildman–Crippen LogP) is 2.66. The van der Waals surface area contributed by atoms with Gasteiger partial charge in [-0.25, -0.2) is 0 Å². The number of aliphatic hydroxyl groups is 1. The van der Waals surface area contributed by atoms with E-state index in [1.54, 1.807) is 42.2 Å². The van der Waals surface area contributed by atoms with Gasteiger partial charge in [0.2, 0.25) is 5.91 Å². The highest BCUT2D eigenvalue weighted by Gasteiger charge is 2.76. The highest BCUT2D eigenvalue weighted by molar-refractivity contribution is 8.02. The van der Waals surface area contributed by atoms with Gasteiger partial charge < -0.3 is 20.0 Å². The van der Waals surface area contributed by atoms with E-state index in [1.165, 1.54) is 16.7 Å². The highest BCUT2D eigenvalue weighted by Crippen LogP contribution is 2.68. The molecule has 2 bridgehead atoms. The van der Waals surface area contributed by atoms with Gasteiger partial charge in [0.05, 0.1) is 29.2 Å². The van der Waals surface area contributed by atoms with Crippen molar-refractivity contribution >= 4 is 46.8 Å². The van der Waals surface area contributed by atoms with E-state index >= 15 is 0 Å². The number of benzene rings is 1. The summed E-state index contributed by atoms with van der Waals surface area (Å²) in [6, 6.07) is 5.35. The lowest BCUT2D eigenvalue weighted by Gasteiger charge is -2.41. The number of rotatable bonds is 7. The number of fused-ring (bicyclic) bond motifs is 1. The molecule has 7 nitrogen and oxygen atoms in total. The van der Waals surface area contributed by atoms with Crippen LogP contribution in [0.5, 0.6) is 0 Å². The number of amides is 2. The topological polar surface area (TPSA) is 98.2 Å². The Balaban J connectivity index is 1.84. The molecule has 0 aliphatic carbocycles. The van der Waals surface area contributed by atoms with E-state index in [2.05, 4.69) is 6.58 Å². The lowest BCUT2D eigenvalue weighted by molar-refractivity contribution is -0.149. The van der Waals surface area contributed by atoms with E-state index < -0.39 is 34.6 Å². The first-order chi connectivity index (χ1) is 15.2. The summed E-state index contributed by atoms with van der Waals surface area (Å²) in [4.78, 5) is 42.9. The third kappa shape index (κ3) is 3.18. The number of likely N-dealkylation sites (tertiary alicyclic amines) is 1. The van der Waals surface area contributed by atoms with Crippen LogP contribution in [0.1, 0.15) is 20.3 Å². The second-order valence-corrected chi connectivity index (χ2v) is 10.9. The zero-order valence-corrected chi connectivity index (χ0v) is 19.6. The molecule has 3 heterocycles. The fourth-order valence-electron chi connectivity index (χ4n) is 5.80. The summed E-state index contributed by atoms with van der Waals surface area (Å²) in [5.74, 6) is -3.30. The zero-order chi connectivity index (χ0) is 23.4. The minimum absolute atomic E-state index is 0.0253. The van der Waals surface area contributed by atoms with Gasteiger partial charge >= 0.3 is 5.97 Å². The number of hydrogen-bond donors (Lipinski definition) is 2. The van der Waals surface area contributed by atoms with Gasteiger partial charge in [0.15, 0.2) is 0 Å². The van der Waals surface area contributed by atoms with Gasteiger partial charge in [-0.15, -0.1) is 18.3 Å². The minimum atomic E-state index is -1.00. The van der Waals surface area contributed by atoms with Crippen molar-refractivity contribution in [2.45, 2.75) is 42.3 Å². The average molecular weight is 479 g/mol. The summed E-state index contributed by atoms with van der Waals surface area (Å²) in [5, 5.41) is 20.2. The molecular formula is C23H27ClN2O5S. The van der Waals surface area contributed by atoms with Crippen molar-refractivity contribution in [1.82, 2.24) is 4.90 Å². The van der Waals surface area contributed by atoms with Crippen molar-refractivity contribution in [3.63, 3.8) is 0 Å². The number of anilines is 1. The standard InChI is InChI=1S/C23H27ClN2O5S/c1-4-9-25(15-7-5-14(24)6-8-15)21(29)19-23-12(2)10-16(32-23)17(22(30)31)18(23)20(28)26(19)13(3)11-27/h4-8,12-13,16-19,27H,1,9-11H2,2-3H3,(H,30,31)/t12?,13-,16+,17-,18+,19?,23?/m1/s1. The van der Waals surface area contributed by atoms with Crippen molar-refractivity contribution in [1.29, 1.82) is 0 Å². The Morgan fingerprint density at radius 3 is 2.62 bits per heavy atom. The molecule has 1 aromatic carbocycles. The molecule has 1 spiro atoms. The maximum absolute atomic E-state index is 14.2. The molecule has 3 unspecified atom stereocenters. The fourth-order valence-corrected chi connectivity index (χ4v) is 8.32. The Hall–Kier alpha value is -2.03. The second kappa shape index (κ2) is 8.39. The average Bonchev–Trinajstić information content (AvgIpc) is 3.35. The molecule has 4 rings (SSSR count). The van der Waals surface area contributed by atoms with E-state index in [4.69, 9.17) is 11.6 Å². The first-order valence-electron chi connectivity index (χ1n) is 10.7. The third-order valence-electron chi connectivity index (χ3n) is 7.16. The summed E-state index contributed by atoms with van der Waals surface area (Å²) >= 11 is 7.51. The Bertz CT molecular complexity index is 956. The number of hydrogen-bond acceptors (Lipinski definition) is 5. The molecule has 9 heteroatoms. The lowest BCUT2D eigenvalue weighted by atomic mass is 9.66. The summed E-state index contributed by atoms with van der Waals surface area (Å²) in [5.41, 5.74) is 0.614. The van der Waals surface area contributed by atoms with Crippen molar-refractivity contribution in [2.75, 3.05) is 18.1 Å². The number of thioether (sulfide) groups is 1. The predicted molar refractivity (Wildman–Crippen MR) is 124 cm³/mol. The maximum atomic E-state index is 14.2.